The molecule has 0 unspecified atom stereocenters. The van der Waals surface area contributed by atoms with Crippen molar-refractivity contribution in [2.75, 3.05) is 6.54 Å². The van der Waals surface area contributed by atoms with E-state index in [9.17, 15) is 4.79 Å². The summed E-state index contributed by atoms with van der Waals surface area (Å²) < 4.78 is 0. The van der Waals surface area contributed by atoms with Crippen LogP contribution >= 0.6 is 0 Å². The number of pyridine rings is 1. The predicted molar refractivity (Wildman–Crippen MR) is 82.9 cm³/mol. The number of carbonyl (C=O) groups is 1. The van der Waals surface area contributed by atoms with Crippen LogP contribution in [-0.2, 0) is 0 Å². The first-order valence-electron chi connectivity index (χ1n) is 7.34. The average molecular weight is 280 g/mol. The number of rotatable bonds is 2. The third kappa shape index (κ3) is 2.82. The fourth-order valence-electron chi connectivity index (χ4n) is 3.07. The predicted octanol–water partition coefficient (Wildman–Crippen LogP) is 3.70. The molecule has 1 saturated heterocycles. The van der Waals surface area contributed by atoms with Gasteiger partial charge in [-0.1, -0.05) is 38.1 Å². The van der Waals surface area contributed by atoms with Gasteiger partial charge < -0.3 is 4.90 Å². The molecule has 3 nitrogen and oxygen atoms in total. The highest BCUT2D eigenvalue weighted by Crippen LogP contribution is 2.42. The van der Waals surface area contributed by atoms with E-state index in [1.165, 1.54) is 0 Å². The second-order valence-corrected chi connectivity index (χ2v) is 6.44. The summed E-state index contributed by atoms with van der Waals surface area (Å²) in [5.74, 6) is 0.0943. The maximum Gasteiger partial charge on any atom is 0.254 e. The Kier molecular flexibility index (Phi) is 3.50. The number of likely N-dealkylation sites (tertiary alicyclic amines) is 1. The van der Waals surface area contributed by atoms with Gasteiger partial charge in [-0.05, 0) is 36.1 Å². The van der Waals surface area contributed by atoms with Crippen molar-refractivity contribution in [2.24, 2.45) is 5.41 Å². The van der Waals surface area contributed by atoms with E-state index in [2.05, 4.69) is 18.8 Å². The van der Waals surface area contributed by atoms with Crippen molar-refractivity contribution in [3.8, 4) is 0 Å². The molecule has 0 N–H and O–H groups in total. The van der Waals surface area contributed by atoms with Gasteiger partial charge >= 0.3 is 0 Å². The monoisotopic (exact) mass is 280 g/mol. The van der Waals surface area contributed by atoms with Crippen molar-refractivity contribution in [1.29, 1.82) is 0 Å². The van der Waals surface area contributed by atoms with Gasteiger partial charge in [0.25, 0.3) is 5.91 Å². The first kappa shape index (κ1) is 13.8. The lowest BCUT2D eigenvalue weighted by molar-refractivity contribution is 0.0722. The Morgan fingerprint density at radius 1 is 1.14 bits per heavy atom. The molecule has 1 atom stereocenters. The highest BCUT2D eigenvalue weighted by Gasteiger charge is 2.41. The number of benzene rings is 1. The first-order chi connectivity index (χ1) is 10.1. The summed E-state index contributed by atoms with van der Waals surface area (Å²) in [5.41, 5.74) is 1.84. The molecule has 1 aliphatic heterocycles. The quantitative estimate of drug-likeness (QED) is 0.840. The van der Waals surface area contributed by atoms with Gasteiger partial charge in [-0.3, -0.25) is 9.78 Å². The highest BCUT2D eigenvalue weighted by atomic mass is 16.2. The Labute approximate surface area is 125 Å². The summed E-state index contributed by atoms with van der Waals surface area (Å²) in [6.45, 7) is 5.18. The van der Waals surface area contributed by atoms with Crippen LogP contribution in [0.2, 0.25) is 0 Å². The number of aromatic nitrogens is 1. The van der Waals surface area contributed by atoms with Crippen LogP contribution in [0.5, 0.6) is 0 Å². The lowest BCUT2D eigenvalue weighted by Gasteiger charge is -2.24. The minimum atomic E-state index is 0.0638. The van der Waals surface area contributed by atoms with Gasteiger partial charge in [0, 0.05) is 18.3 Å². The molecule has 1 aromatic carbocycles. The summed E-state index contributed by atoms with van der Waals surface area (Å²) in [4.78, 5) is 19.2. The summed E-state index contributed by atoms with van der Waals surface area (Å²) in [7, 11) is 0. The van der Waals surface area contributed by atoms with Gasteiger partial charge in [0.05, 0.1) is 11.7 Å². The van der Waals surface area contributed by atoms with E-state index < -0.39 is 0 Å². The van der Waals surface area contributed by atoms with Gasteiger partial charge in [0.15, 0.2) is 0 Å². The normalized spacial score (nSPS) is 20.5. The van der Waals surface area contributed by atoms with Crippen LogP contribution in [0, 0.1) is 5.41 Å². The van der Waals surface area contributed by atoms with Crippen LogP contribution in [0.1, 0.15) is 42.4 Å². The minimum Gasteiger partial charge on any atom is -0.329 e. The largest absolute Gasteiger partial charge is 0.329 e. The van der Waals surface area contributed by atoms with Crippen molar-refractivity contribution in [1.82, 2.24) is 9.88 Å². The van der Waals surface area contributed by atoms with Crippen molar-refractivity contribution >= 4 is 5.91 Å². The van der Waals surface area contributed by atoms with Crippen LogP contribution in [0.3, 0.4) is 0 Å². The number of nitrogens with zero attached hydrogens (tertiary/aromatic N) is 2. The van der Waals surface area contributed by atoms with E-state index in [-0.39, 0.29) is 17.4 Å². The molecule has 1 aromatic heterocycles. The fourth-order valence-corrected chi connectivity index (χ4v) is 3.07. The van der Waals surface area contributed by atoms with E-state index in [0.29, 0.717) is 0 Å². The van der Waals surface area contributed by atoms with Crippen molar-refractivity contribution in [2.45, 2.75) is 26.3 Å². The topological polar surface area (TPSA) is 33.2 Å². The van der Waals surface area contributed by atoms with Crippen LogP contribution in [0.15, 0.2) is 54.7 Å². The molecule has 108 valence electrons. The lowest BCUT2D eigenvalue weighted by Crippen LogP contribution is -2.32. The summed E-state index contributed by atoms with van der Waals surface area (Å²) >= 11 is 0. The standard InChI is InChI=1S/C18H20N2O/c1-18(2)12-16(15-10-6-7-11-19-15)20(13-18)17(21)14-8-4-3-5-9-14/h3-11,16H,12-13H2,1-2H3/t16-/m1/s1. The fraction of sp³-hybridized carbons (Fsp3) is 0.333. The molecule has 2 aromatic rings. The molecule has 0 radical (unpaired) electrons. The zero-order valence-corrected chi connectivity index (χ0v) is 12.5. The van der Waals surface area contributed by atoms with Crippen LogP contribution in [0.4, 0.5) is 0 Å². The van der Waals surface area contributed by atoms with Gasteiger partial charge in [-0.25, -0.2) is 0 Å². The number of amides is 1. The smallest absolute Gasteiger partial charge is 0.254 e. The van der Waals surface area contributed by atoms with E-state index in [4.69, 9.17) is 0 Å². The zero-order chi connectivity index (χ0) is 14.9. The van der Waals surface area contributed by atoms with E-state index in [1.54, 1.807) is 6.20 Å². The molecule has 3 rings (SSSR count). The van der Waals surface area contributed by atoms with Gasteiger partial charge in [-0.2, -0.15) is 0 Å². The minimum absolute atomic E-state index is 0.0638. The van der Waals surface area contributed by atoms with Crippen molar-refractivity contribution in [3.63, 3.8) is 0 Å². The van der Waals surface area contributed by atoms with E-state index in [1.807, 2.05) is 53.4 Å². The molecule has 1 fully saturated rings. The molecule has 2 heterocycles. The Morgan fingerprint density at radius 2 is 1.86 bits per heavy atom. The number of hydrogen-bond acceptors (Lipinski definition) is 2. The maximum absolute atomic E-state index is 12.8. The number of carbonyl (C=O) groups excluding carboxylic acids is 1. The zero-order valence-electron chi connectivity index (χ0n) is 12.5. The Bertz CT molecular complexity index is 622. The molecule has 1 aliphatic rings. The van der Waals surface area contributed by atoms with E-state index in [0.717, 1.165) is 24.2 Å². The molecule has 0 saturated carbocycles. The summed E-state index contributed by atoms with van der Waals surface area (Å²) in [6, 6.07) is 15.5. The molecular weight excluding hydrogens is 260 g/mol. The molecule has 3 heteroatoms. The highest BCUT2D eigenvalue weighted by molar-refractivity contribution is 5.94. The molecular formula is C18H20N2O. The Balaban J connectivity index is 1.93. The third-order valence-electron chi connectivity index (χ3n) is 4.03. The van der Waals surface area contributed by atoms with Crippen LogP contribution in [-0.4, -0.2) is 22.3 Å². The maximum atomic E-state index is 12.8. The van der Waals surface area contributed by atoms with Gasteiger partial charge in [-0.15, -0.1) is 0 Å². The molecule has 1 amide bonds. The Hall–Kier alpha value is -2.16. The van der Waals surface area contributed by atoms with Crippen molar-refractivity contribution < 1.29 is 4.79 Å². The SMILES string of the molecule is CC1(C)C[C@H](c2ccccn2)N(C(=O)c2ccccc2)C1. The molecule has 0 spiro atoms. The second kappa shape index (κ2) is 5.32. The Morgan fingerprint density at radius 3 is 2.52 bits per heavy atom. The number of hydrogen-bond donors (Lipinski definition) is 0. The van der Waals surface area contributed by atoms with Gasteiger partial charge in [0.1, 0.15) is 0 Å². The van der Waals surface area contributed by atoms with Gasteiger partial charge in [0.2, 0.25) is 0 Å². The molecule has 0 aliphatic carbocycles. The average Bonchev–Trinajstić information content (AvgIpc) is 2.84. The molecule has 21 heavy (non-hydrogen) atoms. The lowest BCUT2D eigenvalue weighted by atomic mass is 9.90. The summed E-state index contributed by atoms with van der Waals surface area (Å²) in [6.07, 6.45) is 2.74. The van der Waals surface area contributed by atoms with Crippen LogP contribution in [0.25, 0.3) is 0 Å². The van der Waals surface area contributed by atoms with E-state index >= 15 is 0 Å². The first-order valence-corrected chi connectivity index (χ1v) is 7.34. The third-order valence-corrected chi connectivity index (χ3v) is 4.03. The van der Waals surface area contributed by atoms with Crippen molar-refractivity contribution in [3.05, 3.63) is 66.0 Å². The molecule has 0 bridgehead atoms. The second-order valence-electron chi connectivity index (χ2n) is 6.44. The van der Waals surface area contributed by atoms with Crippen LogP contribution < -0.4 is 0 Å². The summed E-state index contributed by atoms with van der Waals surface area (Å²) in [5, 5.41) is 0.